The third-order valence-electron chi connectivity index (χ3n) is 5.73. The first-order valence-electron chi connectivity index (χ1n) is 9.15. The summed E-state index contributed by atoms with van der Waals surface area (Å²) in [4.78, 5) is 12.5. The van der Waals surface area contributed by atoms with Crippen LogP contribution in [0, 0.1) is 0 Å². The minimum atomic E-state index is -2.48. The third kappa shape index (κ3) is 3.16. The number of nitrogens with zero attached hydrogens (tertiary/aromatic N) is 3. The number of rotatable bonds is 2. The van der Waals surface area contributed by atoms with Gasteiger partial charge in [-0.1, -0.05) is 12.8 Å². The highest BCUT2D eigenvalue weighted by molar-refractivity contribution is 7.94. The molecule has 3 aliphatic rings. The molecular weight excluding hydrogens is 324 g/mol. The van der Waals surface area contributed by atoms with Crippen molar-refractivity contribution in [1.82, 2.24) is 15.1 Å². The summed E-state index contributed by atoms with van der Waals surface area (Å²) in [6.07, 6.45) is 10.6. The molecule has 0 aromatic carbocycles. The molecule has 1 spiro atoms. The lowest BCUT2D eigenvalue weighted by Crippen LogP contribution is -2.49. The second-order valence-electron chi connectivity index (χ2n) is 7.55. The molecule has 2 atom stereocenters. The fraction of sp³-hybridized carbons (Fsp3) is 0.765. The maximum atomic E-state index is 13.2. The highest BCUT2D eigenvalue weighted by Crippen LogP contribution is 2.32. The van der Waals surface area contributed by atoms with Crippen LogP contribution in [0.4, 0.5) is 0 Å². The van der Waals surface area contributed by atoms with Gasteiger partial charge in [0.1, 0.15) is 0 Å². The second kappa shape index (κ2) is 6.26. The second-order valence-corrected chi connectivity index (χ2v) is 9.98. The molecule has 1 amide bonds. The van der Waals surface area contributed by atoms with Crippen LogP contribution in [0.3, 0.4) is 0 Å². The van der Waals surface area contributed by atoms with Crippen molar-refractivity contribution < 1.29 is 9.00 Å². The maximum absolute atomic E-state index is 13.2. The van der Waals surface area contributed by atoms with Gasteiger partial charge >= 0.3 is 5.91 Å². The predicted molar refractivity (Wildman–Crippen MR) is 93.6 cm³/mol. The predicted octanol–water partition coefficient (Wildman–Crippen LogP) is 2.52. The fourth-order valence-corrected chi connectivity index (χ4v) is 7.06. The van der Waals surface area contributed by atoms with Crippen LogP contribution >= 0.6 is 0 Å². The molecule has 132 valence electrons. The minimum Gasteiger partial charge on any atom is -0.310 e. The number of aromatic nitrogens is 2. The van der Waals surface area contributed by atoms with E-state index in [1.165, 1.54) is 12.8 Å². The Labute approximate surface area is 143 Å². The fourth-order valence-electron chi connectivity index (χ4n) is 4.52. The molecule has 1 N–H and O–H groups in total. The van der Waals surface area contributed by atoms with Crippen LogP contribution in [0.15, 0.2) is 16.6 Å². The van der Waals surface area contributed by atoms with Gasteiger partial charge in [0.05, 0.1) is 21.5 Å². The molecule has 7 heteroatoms. The summed E-state index contributed by atoms with van der Waals surface area (Å²) in [5, 5.41) is 7.92. The highest BCUT2D eigenvalue weighted by atomic mass is 32.2. The van der Waals surface area contributed by atoms with Crippen molar-refractivity contribution in [2.45, 2.75) is 62.9 Å². The van der Waals surface area contributed by atoms with Crippen molar-refractivity contribution in [2.75, 3.05) is 18.1 Å². The van der Waals surface area contributed by atoms with Gasteiger partial charge in [-0.25, -0.2) is 4.21 Å². The molecule has 1 saturated carbocycles. The van der Waals surface area contributed by atoms with Crippen LogP contribution in [-0.2, 0) is 9.73 Å². The first-order chi connectivity index (χ1) is 11.6. The molecule has 0 radical (unpaired) electrons. The largest absolute Gasteiger partial charge is 0.310 e. The van der Waals surface area contributed by atoms with E-state index in [0.29, 0.717) is 23.2 Å². The standard InChI is InChI=1S/C17H26N4O2S/c22-16(15-7-11-21(19-15)14-5-1-2-6-14)20-24(23)12-4-9-17(13-24)8-3-10-18-17/h7,11,14,18H,1-6,8-10,12-13H2. The molecule has 4 rings (SSSR count). The van der Waals surface area contributed by atoms with E-state index in [1.54, 1.807) is 6.07 Å². The van der Waals surface area contributed by atoms with Gasteiger partial charge in [-0.2, -0.15) is 9.46 Å². The van der Waals surface area contributed by atoms with Gasteiger partial charge in [0.15, 0.2) is 5.69 Å². The molecule has 24 heavy (non-hydrogen) atoms. The summed E-state index contributed by atoms with van der Waals surface area (Å²) < 4.78 is 19.2. The quantitative estimate of drug-likeness (QED) is 0.889. The number of hydrogen-bond acceptors (Lipinski definition) is 4. The molecule has 2 saturated heterocycles. The monoisotopic (exact) mass is 350 g/mol. The van der Waals surface area contributed by atoms with Crippen molar-refractivity contribution in [3.63, 3.8) is 0 Å². The van der Waals surface area contributed by atoms with Gasteiger partial charge in [0.2, 0.25) is 0 Å². The van der Waals surface area contributed by atoms with Crippen molar-refractivity contribution in [2.24, 2.45) is 4.36 Å². The van der Waals surface area contributed by atoms with E-state index in [0.717, 1.165) is 45.1 Å². The van der Waals surface area contributed by atoms with E-state index in [2.05, 4.69) is 14.8 Å². The van der Waals surface area contributed by atoms with Crippen LogP contribution in [0.1, 0.15) is 67.9 Å². The van der Waals surface area contributed by atoms with E-state index >= 15 is 0 Å². The van der Waals surface area contributed by atoms with Crippen LogP contribution in [-0.4, -0.2) is 43.5 Å². The normalized spacial score (nSPS) is 34.0. The molecule has 0 bridgehead atoms. The van der Waals surface area contributed by atoms with Crippen LogP contribution in [0.25, 0.3) is 0 Å². The van der Waals surface area contributed by atoms with E-state index in [1.807, 2.05) is 10.9 Å². The smallest absolute Gasteiger partial charge is 0.305 e. The van der Waals surface area contributed by atoms with Gasteiger partial charge in [-0.15, -0.1) is 0 Å². The third-order valence-corrected chi connectivity index (χ3v) is 8.16. The Bertz CT molecular complexity index is 736. The van der Waals surface area contributed by atoms with Gasteiger partial charge in [0, 0.05) is 17.5 Å². The van der Waals surface area contributed by atoms with Crippen molar-refractivity contribution in [3.8, 4) is 0 Å². The summed E-state index contributed by atoms with van der Waals surface area (Å²) >= 11 is 0. The molecule has 3 heterocycles. The lowest BCUT2D eigenvalue weighted by atomic mass is 9.94. The number of amides is 1. The maximum Gasteiger partial charge on any atom is 0.305 e. The zero-order valence-electron chi connectivity index (χ0n) is 14.1. The Kier molecular flexibility index (Phi) is 4.24. The molecule has 1 aromatic rings. The lowest BCUT2D eigenvalue weighted by molar-refractivity contribution is 0.0999. The molecule has 1 aromatic heterocycles. The summed E-state index contributed by atoms with van der Waals surface area (Å²) in [5.74, 6) is 0.632. The summed E-state index contributed by atoms with van der Waals surface area (Å²) in [7, 11) is -2.48. The van der Waals surface area contributed by atoms with Crippen LogP contribution in [0.5, 0.6) is 0 Å². The molecule has 3 fully saturated rings. The molecule has 2 unspecified atom stereocenters. The van der Waals surface area contributed by atoms with E-state index < -0.39 is 15.6 Å². The van der Waals surface area contributed by atoms with E-state index in [9.17, 15) is 9.00 Å². The number of carbonyl (C=O) groups excluding carboxylic acids is 1. The molecule has 6 nitrogen and oxygen atoms in total. The first-order valence-corrected chi connectivity index (χ1v) is 11.0. The van der Waals surface area contributed by atoms with Gasteiger partial charge < -0.3 is 5.32 Å². The Hall–Kier alpha value is -1.21. The zero-order valence-corrected chi connectivity index (χ0v) is 14.9. The summed E-state index contributed by atoms with van der Waals surface area (Å²) in [5.41, 5.74) is 0.283. The average Bonchev–Trinajstić information content (AvgIpc) is 3.28. The molecule has 1 aliphatic carbocycles. The van der Waals surface area contributed by atoms with Crippen molar-refractivity contribution >= 4 is 15.6 Å². The highest BCUT2D eigenvalue weighted by Gasteiger charge is 2.40. The molecule has 2 aliphatic heterocycles. The number of carbonyl (C=O) groups is 1. The Morgan fingerprint density at radius 3 is 2.83 bits per heavy atom. The first kappa shape index (κ1) is 16.3. The summed E-state index contributed by atoms with van der Waals surface area (Å²) in [6, 6.07) is 2.13. The average molecular weight is 350 g/mol. The molecular formula is C17H26N4O2S. The van der Waals surface area contributed by atoms with Gasteiger partial charge in [-0.3, -0.25) is 9.48 Å². The Morgan fingerprint density at radius 1 is 1.29 bits per heavy atom. The van der Waals surface area contributed by atoms with Gasteiger partial charge in [-0.05, 0) is 51.1 Å². The van der Waals surface area contributed by atoms with Crippen LogP contribution < -0.4 is 5.32 Å². The number of hydrogen-bond donors (Lipinski definition) is 1. The Morgan fingerprint density at radius 2 is 2.08 bits per heavy atom. The van der Waals surface area contributed by atoms with Crippen LogP contribution in [0.2, 0.25) is 0 Å². The Balaban J connectivity index is 1.53. The van der Waals surface area contributed by atoms with Gasteiger partial charge in [0.25, 0.3) is 0 Å². The van der Waals surface area contributed by atoms with E-state index in [4.69, 9.17) is 0 Å². The van der Waals surface area contributed by atoms with E-state index in [-0.39, 0.29) is 5.54 Å². The van der Waals surface area contributed by atoms with Crippen molar-refractivity contribution in [1.29, 1.82) is 0 Å². The summed E-state index contributed by atoms with van der Waals surface area (Å²) in [6.45, 7) is 0.981. The minimum absolute atomic E-state index is 0.0533. The topological polar surface area (TPSA) is 76.3 Å². The number of nitrogens with one attached hydrogen (secondary N) is 1. The SMILES string of the molecule is O=C(N=S1(=O)CCCC2(CCCN2)C1)c1ccn(C2CCCC2)n1. The zero-order chi connectivity index (χ0) is 16.6. The van der Waals surface area contributed by atoms with Crippen molar-refractivity contribution in [3.05, 3.63) is 18.0 Å². The lowest BCUT2D eigenvalue weighted by Gasteiger charge is -2.35.